The molecule has 20 heavy (non-hydrogen) atoms. The third kappa shape index (κ3) is 11.2. The number of hydrogen-bond acceptors (Lipinski definition) is 6. The summed E-state index contributed by atoms with van der Waals surface area (Å²) < 4.78 is 9.94. The predicted molar refractivity (Wildman–Crippen MR) is 82.9 cm³/mol. The molecule has 0 amide bonds. The first-order valence-electron chi connectivity index (χ1n) is 6.51. The summed E-state index contributed by atoms with van der Waals surface area (Å²) in [4.78, 5) is 14.8. The van der Waals surface area contributed by atoms with E-state index < -0.39 is 0 Å². The molecule has 0 atom stereocenters. The van der Waals surface area contributed by atoms with Gasteiger partial charge in [0, 0.05) is 46.2 Å². The molecule has 6 nitrogen and oxygen atoms in total. The molecule has 0 radical (unpaired) electrons. The number of piperazine rings is 1. The van der Waals surface area contributed by atoms with Gasteiger partial charge in [-0.3, -0.25) is 9.69 Å². The zero-order valence-electron chi connectivity index (χ0n) is 11.5. The summed E-state index contributed by atoms with van der Waals surface area (Å²) >= 11 is 0. The molecule has 0 aromatic rings. The van der Waals surface area contributed by atoms with Crippen LogP contribution in [0.4, 0.5) is 0 Å². The van der Waals surface area contributed by atoms with Crippen LogP contribution in [0.25, 0.3) is 0 Å². The molecule has 0 unspecified atom stereocenters. The molecule has 0 aromatic carbocycles. The molecule has 2 aliphatic rings. The molecule has 122 valence electrons. The van der Waals surface area contributed by atoms with Crippen LogP contribution in [-0.4, -0.2) is 82.0 Å². The Morgan fingerprint density at radius 1 is 1.15 bits per heavy atom. The number of rotatable bonds is 2. The molecule has 2 fully saturated rings. The Kier molecular flexibility index (Phi) is 14.4. The van der Waals surface area contributed by atoms with Crippen LogP contribution in [0.15, 0.2) is 0 Å². The molecule has 2 heterocycles. The molecule has 0 aliphatic carbocycles. The molecule has 0 saturated carbocycles. The first-order valence-corrected chi connectivity index (χ1v) is 6.51. The molecule has 2 saturated heterocycles. The van der Waals surface area contributed by atoms with Crippen molar-refractivity contribution in [1.29, 1.82) is 0 Å². The second-order valence-electron chi connectivity index (χ2n) is 4.55. The van der Waals surface area contributed by atoms with E-state index in [1.165, 1.54) is 20.0 Å². The lowest BCUT2D eigenvalue weighted by Crippen LogP contribution is -2.40. The maximum absolute atomic E-state index is 10.4. The van der Waals surface area contributed by atoms with E-state index in [0.717, 1.165) is 39.4 Å². The van der Waals surface area contributed by atoms with Gasteiger partial charge in [-0.25, -0.2) is 0 Å². The van der Waals surface area contributed by atoms with Crippen LogP contribution in [0.2, 0.25) is 0 Å². The number of nitrogens with one attached hydrogen (secondary N) is 1. The third-order valence-electron chi connectivity index (χ3n) is 2.89. The molecule has 0 aromatic heterocycles. The topological polar surface area (TPSA) is 54.0 Å². The first kappa shape index (κ1) is 21.6. The SMILES string of the molecule is C.C.CC(=O)OCN1CCOCC1.CN1CCNCC1. The van der Waals surface area contributed by atoms with Crippen molar-refractivity contribution in [2.75, 3.05) is 66.3 Å². The predicted octanol–water partition coefficient (Wildman–Crippen LogP) is 0.633. The van der Waals surface area contributed by atoms with Crippen molar-refractivity contribution in [3.05, 3.63) is 0 Å². The highest BCUT2D eigenvalue weighted by atomic mass is 16.5. The quantitative estimate of drug-likeness (QED) is 0.753. The van der Waals surface area contributed by atoms with E-state index in [0.29, 0.717) is 6.73 Å². The van der Waals surface area contributed by atoms with Crippen LogP contribution in [-0.2, 0) is 14.3 Å². The summed E-state index contributed by atoms with van der Waals surface area (Å²) in [5.74, 6) is -0.225. The van der Waals surface area contributed by atoms with Crippen molar-refractivity contribution in [2.45, 2.75) is 21.8 Å². The van der Waals surface area contributed by atoms with Gasteiger partial charge in [-0.05, 0) is 7.05 Å². The number of hydrogen-bond donors (Lipinski definition) is 1. The third-order valence-corrected chi connectivity index (χ3v) is 2.89. The van der Waals surface area contributed by atoms with Crippen LogP contribution < -0.4 is 5.32 Å². The van der Waals surface area contributed by atoms with E-state index in [-0.39, 0.29) is 20.8 Å². The summed E-state index contributed by atoms with van der Waals surface area (Å²) in [6.45, 7) is 9.75. The van der Waals surface area contributed by atoms with Crippen molar-refractivity contribution in [3.63, 3.8) is 0 Å². The molecule has 0 bridgehead atoms. The first-order chi connectivity index (χ1) is 8.68. The van der Waals surface area contributed by atoms with Crippen molar-refractivity contribution in [1.82, 2.24) is 15.1 Å². The Labute approximate surface area is 124 Å². The van der Waals surface area contributed by atoms with Crippen LogP contribution in [0.3, 0.4) is 0 Å². The summed E-state index contributed by atoms with van der Waals surface area (Å²) in [5.41, 5.74) is 0. The van der Waals surface area contributed by atoms with Gasteiger partial charge in [0.2, 0.25) is 0 Å². The molecular weight excluding hydrogens is 258 g/mol. The van der Waals surface area contributed by atoms with Gasteiger partial charge < -0.3 is 19.7 Å². The van der Waals surface area contributed by atoms with Gasteiger partial charge in [0.1, 0.15) is 6.73 Å². The van der Waals surface area contributed by atoms with Gasteiger partial charge in [-0.15, -0.1) is 0 Å². The van der Waals surface area contributed by atoms with Crippen LogP contribution >= 0.6 is 0 Å². The van der Waals surface area contributed by atoms with Crippen molar-refractivity contribution in [3.8, 4) is 0 Å². The Morgan fingerprint density at radius 2 is 1.70 bits per heavy atom. The second-order valence-corrected chi connectivity index (χ2v) is 4.55. The number of ether oxygens (including phenoxy) is 2. The van der Waals surface area contributed by atoms with Crippen LogP contribution in [0.5, 0.6) is 0 Å². The van der Waals surface area contributed by atoms with Gasteiger partial charge >= 0.3 is 5.97 Å². The van der Waals surface area contributed by atoms with Crippen LogP contribution in [0.1, 0.15) is 21.8 Å². The molecular formula is C14H33N3O3. The van der Waals surface area contributed by atoms with Gasteiger partial charge in [0.05, 0.1) is 13.2 Å². The van der Waals surface area contributed by atoms with Crippen molar-refractivity contribution in [2.24, 2.45) is 0 Å². The zero-order valence-corrected chi connectivity index (χ0v) is 11.5. The summed E-state index contributed by atoms with van der Waals surface area (Å²) in [6.07, 6.45) is 0. The lowest BCUT2D eigenvalue weighted by molar-refractivity contribution is -0.147. The maximum Gasteiger partial charge on any atom is 0.303 e. The number of morpholine rings is 1. The Balaban J connectivity index is 0. The number of likely N-dealkylation sites (N-methyl/N-ethyl adjacent to an activating group) is 1. The molecule has 6 heteroatoms. The Bertz CT molecular complexity index is 228. The fraction of sp³-hybridized carbons (Fsp3) is 0.929. The van der Waals surface area contributed by atoms with E-state index in [9.17, 15) is 4.79 Å². The van der Waals surface area contributed by atoms with Crippen molar-refractivity contribution >= 4 is 5.97 Å². The van der Waals surface area contributed by atoms with E-state index in [4.69, 9.17) is 9.47 Å². The van der Waals surface area contributed by atoms with Gasteiger partial charge in [0.15, 0.2) is 0 Å². The number of carbonyl (C=O) groups is 1. The largest absolute Gasteiger partial charge is 0.450 e. The molecule has 2 rings (SSSR count). The molecule has 0 spiro atoms. The van der Waals surface area contributed by atoms with E-state index in [1.54, 1.807) is 0 Å². The average molecular weight is 291 g/mol. The normalized spacial score (nSPS) is 19.7. The van der Waals surface area contributed by atoms with Gasteiger partial charge in [-0.2, -0.15) is 0 Å². The lowest BCUT2D eigenvalue weighted by atomic mass is 10.4. The highest BCUT2D eigenvalue weighted by molar-refractivity contribution is 5.65. The van der Waals surface area contributed by atoms with E-state index >= 15 is 0 Å². The fourth-order valence-electron chi connectivity index (χ4n) is 1.69. The summed E-state index contributed by atoms with van der Waals surface area (Å²) in [5, 5.41) is 3.27. The van der Waals surface area contributed by atoms with Gasteiger partial charge in [-0.1, -0.05) is 14.9 Å². The van der Waals surface area contributed by atoms with E-state index in [2.05, 4.69) is 17.3 Å². The van der Waals surface area contributed by atoms with Gasteiger partial charge in [0.25, 0.3) is 0 Å². The minimum atomic E-state index is -0.225. The number of carbonyl (C=O) groups excluding carboxylic acids is 1. The van der Waals surface area contributed by atoms with Crippen LogP contribution in [0, 0.1) is 0 Å². The minimum absolute atomic E-state index is 0. The highest BCUT2D eigenvalue weighted by Gasteiger charge is 2.10. The maximum atomic E-state index is 10.4. The lowest BCUT2D eigenvalue weighted by Gasteiger charge is -2.25. The standard InChI is InChI=1S/C7H13NO3.C5H12N2.2CH4/c1-7(9)11-6-8-2-4-10-5-3-8;1-7-4-2-6-3-5-7;;/h2-6H2,1H3;6H,2-5H2,1H3;2*1H4. The van der Waals surface area contributed by atoms with Crippen molar-refractivity contribution < 1.29 is 14.3 Å². The molecule has 1 N–H and O–H groups in total. The summed E-state index contributed by atoms with van der Waals surface area (Å²) in [7, 11) is 2.15. The molecule has 2 aliphatic heterocycles. The van der Waals surface area contributed by atoms with E-state index in [1.807, 2.05) is 4.90 Å². The summed E-state index contributed by atoms with van der Waals surface area (Å²) in [6, 6.07) is 0. The fourth-order valence-corrected chi connectivity index (χ4v) is 1.69. The number of esters is 1. The Morgan fingerprint density at radius 3 is 2.10 bits per heavy atom. The Hall–Kier alpha value is -0.690. The highest BCUT2D eigenvalue weighted by Crippen LogP contribution is 1.96. The average Bonchev–Trinajstić information content (AvgIpc) is 2.39. The minimum Gasteiger partial charge on any atom is -0.450 e. The second kappa shape index (κ2) is 13.3. The zero-order chi connectivity index (χ0) is 13.2. The number of nitrogens with zero attached hydrogens (tertiary/aromatic N) is 2. The smallest absolute Gasteiger partial charge is 0.303 e. The monoisotopic (exact) mass is 291 g/mol.